The summed E-state index contributed by atoms with van der Waals surface area (Å²) in [6, 6.07) is 36.3. The van der Waals surface area contributed by atoms with Crippen LogP contribution in [0, 0.1) is 5.82 Å². The summed E-state index contributed by atoms with van der Waals surface area (Å²) in [5.41, 5.74) is 11.1. The summed E-state index contributed by atoms with van der Waals surface area (Å²) in [5, 5.41) is 12.6. The Morgan fingerprint density at radius 3 is 2.13 bits per heavy atom. The number of alkyl halides is 3. The highest BCUT2D eigenvalue weighted by Gasteiger charge is 2.38. The lowest BCUT2D eigenvalue weighted by molar-refractivity contribution is -0.192. The second kappa shape index (κ2) is 19.5. The van der Waals surface area contributed by atoms with E-state index in [9.17, 15) is 31.9 Å². The van der Waals surface area contributed by atoms with E-state index in [1.165, 1.54) is 13.0 Å². The number of amides is 3. The van der Waals surface area contributed by atoms with Crippen LogP contribution in [-0.4, -0.2) is 35.0 Å². The maximum absolute atomic E-state index is 14.0. The van der Waals surface area contributed by atoms with Crippen molar-refractivity contribution in [2.45, 2.75) is 45.6 Å². The predicted molar refractivity (Wildman–Crippen MR) is 199 cm³/mol. The Morgan fingerprint density at radius 2 is 1.45 bits per heavy atom. The van der Waals surface area contributed by atoms with E-state index in [0.29, 0.717) is 35.0 Å². The van der Waals surface area contributed by atoms with E-state index in [2.05, 4.69) is 10.6 Å². The number of anilines is 2. The average Bonchev–Trinajstić information content (AvgIpc) is 3.16. The van der Waals surface area contributed by atoms with Gasteiger partial charge in [0.15, 0.2) is 5.75 Å². The summed E-state index contributed by atoms with van der Waals surface area (Å²) >= 11 is 0. The van der Waals surface area contributed by atoms with Crippen molar-refractivity contribution in [2.75, 3.05) is 10.2 Å². The first-order valence-corrected chi connectivity index (χ1v) is 16.9. The molecule has 0 radical (unpaired) electrons. The van der Waals surface area contributed by atoms with E-state index in [1.807, 2.05) is 84.9 Å². The number of carboxylic acid groups (broad SMARTS) is 1. The smallest absolute Gasteiger partial charge is 0.475 e. The van der Waals surface area contributed by atoms with E-state index in [4.69, 9.17) is 20.4 Å². The van der Waals surface area contributed by atoms with E-state index >= 15 is 0 Å². The van der Waals surface area contributed by atoms with Crippen molar-refractivity contribution in [3.63, 3.8) is 0 Å². The lowest BCUT2D eigenvalue weighted by Gasteiger charge is -2.25. The van der Waals surface area contributed by atoms with Gasteiger partial charge in [-0.2, -0.15) is 13.2 Å². The normalized spacial score (nSPS) is 10.7. The zero-order chi connectivity index (χ0) is 40.0. The van der Waals surface area contributed by atoms with Crippen molar-refractivity contribution >= 4 is 35.1 Å². The largest absolute Gasteiger partial charge is 0.490 e. The van der Waals surface area contributed by atoms with Gasteiger partial charge < -0.3 is 31.1 Å². The van der Waals surface area contributed by atoms with Gasteiger partial charge in [0.05, 0.1) is 12.2 Å². The minimum Gasteiger partial charge on any atom is -0.475 e. The number of para-hydroxylation sites is 2. The number of nitrogens with zero attached hydrogens (tertiary/aromatic N) is 1. The molecule has 55 heavy (non-hydrogen) atoms. The van der Waals surface area contributed by atoms with Crippen LogP contribution in [0.3, 0.4) is 0 Å². The second-order valence-electron chi connectivity index (χ2n) is 12.0. The van der Waals surface area contributed by atoms with Crippen molar-refractivity contribution in [3.8, 4) is 22.6 Å². The molecule has 3 amide bonds. The molecule has 0 aromatic heterocycles. The van der Waals surface area contributed by atoms with Gasteiger partial charge in [-0.25, -0.2) is 9.18 Å². The standard InChI is InChI=1S/C39H37FN4O4.C2HF3O2/c1-27(45)43-33-11-7-10-31(23-33)30-18-16-28(17-19-30)26-44(39(47)21-20-38(46)42-25-32-9-2-3-13-35(32)40)36-14-4-5-15-37(36)48-34-12-6-8-29(22-34)24-41;3-2(4,5)1(6)7/h2-19,22-23H,20-21,24-26,41H2,1H3,(H,42,46)(H,43,45);(H,6,7). The van der Waals surface area contributed by atoms with Crippen LogP contribution in [0.1, 0.15) is 36.5 Å². The molecule has 10 nitrogen and oxygen atoms in total. The number of rotatable bonds is 13. The van der Waals surface area contributed by atoms with Crippen LogP contribution in [0.4, 0.5) is 28.9 Å². The Bertz CT molecular complexity index is 2110. The molecule has 0 atom stereocenters. The van der Waals surface area contributed by atoms with Crippen LogP contribution in [0.25, 0.3) is 11.1 Å². The van der Waals surface area contributed by atoms with Crippen LogP contribution in [0.2, 0.25) is 0 Å². The van der Waals surface area contributed by atoms with E-state index in [0.717, 1.165) is 22.3 Å². The number of carboxylic acids is 1. The Hall–Kier alpha value is -6.54. The van der Waals surface area contributed by atoms with Gasteiger partial charge in [-0.15, -0.1) is 0 Å². The zero-order valence-electron chi connectivity index (χ0n) is 29.6. The Morgan fingerprint density at radius 1 is 0.782 bits per heavy atom. The Balaban J connectivity index is 0.000000876. The lowest BCUT2D eigenvalue weighted by Crippen LogP contribution is -2.32. The molecular formula is C41H38F4N4O6. The summed E-state index contributed by atoms with van der Waals surface area (Å²) in [4.78, 5) is 48.6. The summed E-state index contributed by atoms with van der Waals surface area (Å²) in [7, 11) is 0. The molecular weight excluding hydrogens is 720 g/mol. The molecule has 0 heterocycles. The molecule has 0 aliphatic rings. The van der Waals surface area contributed by atoms with Crippen LogP contribution in [0.5, 0.6) is 11.5 Å². The highest BCUT2D eigenvalue weighted by molar-refractivity contribution is 5.96. The van der Waals surface area contributed by atoms with E-state index < -0.39 is 18.0 Å². The fourth-order valence-corrected chi connectivity index (χ4v) is 5.18. The van der Waals surface area contributed by atoms with Crippen molar-refractivity contribution < 1.29 is 46.6 Å². The Labute approximate surface area is 314 Å². The number of carbonyl (C=O) groups is 4. The molecule has 5 aromatic rings. The van der Waals surface area contributed by atoms with Crippen LogP contribution in [-0.2, 0) is 38.8 Å². The monoisotopic (exact) mass is 758 g/mol. The summed E-state index contributed by atoms with van der Waals surface area (Å²) < 4.78 is 52.0. The molecule has 5 N–H and O–H groups in total. The van der Waals surface area contributed by atoms with Crippen molar-refractivity contribution in [2.24, 2.45) is 5.73 Å². The quantitative estimate of drug-likeness (QED) is 0.0890. The average molecular weight is 759 g/mol. The highest BCUT2D eigenvalue weighted by atomic mass is 19.4. The molecule has 0 spiro atoms. The van der Waals surface area contributed by atoms with Gasteiger partial charge in [0.2, 0.25) is 17.7 Å². The maximum Gasteiger partial charge on any atom is 0.490 e. The third kappa shape index (κ3) is 12.8. The SMILES string of the molecule is CC(=O)Nc1cccc(-c2ccc(CN(C(=O)CCC(=O)NCc3ccccc3F)c3ccccc3Oc3cccc(CN)c3)cc2)c1.O=C(O)C(F)(F)F. The van der Waals surface area contributed by atoms with Gasteiger partial charge in [0.1, 0.15) is 11.6 Å². The van der Waals surface area contributed by atoms with Crippen molar-refractivity contribution in [1.29, 1.82) is 0 Å². The predicted octanol–water partition coefficient (Wildman–Crippen LogP) is 7.97. The third-order valence-corrected chi connectivity index (χ3v) is 7.87. The maximum atomic E-state index is 14.0. The molecule has 0 bridgehead atoms. The van der Waals surface area contributed by atoms with Crippen molar-refractivity contribution in [1.82, 2.24) is 5.32 Å². The molecule has 0 fully saturated rings. The van der Waals surface area contributed by atoms with Crippen molar-refractivity contribution in [3.05, 3.63) is 144 Å². The fraction of sp³-hybridized carbons (Fsp3) is 0.171. The lowest BCUT2D eigenvalue weighted by atomic mass is 10.0. The number of ether oxygens (including phenoxy) is 1. The molecule has 0 saturated heterocycles. The number of nitrogens with two attached hydrogens (primary N) is 1. The van der Waals surface area contributed by atoms with Gasteiger partial charge in [-0.3, -0.25) is 14.4 Å². The number of hydrogen-bond donors (Lipinski definition) is 4. The van der Waals surface area contributed by atoms with Gasteiger partial charge in [0.25, 0.3) is 0 Å². The summed E-state index contributed by atoms with van der Waals surface area (Å²) in [6.45, 7) is 2.07. The summed E-state index contributed by atoms with van der Waals surface area (Å²) in [5.74, 6) is -2.90. The highest BCUT2D eigenvalue weighted by Crippen LogP contribution is 2.34. The van der Waals surface area contributed by atoms with Gasteiger partial charge >= 0.3 is 12.1 Å². The molecule has 5 rings (SSSR count). The first-order chi connectivity index (χ1) is 26.2. The minimum atomic E-state index is -5.08. The number of carbonyl (C=O) groups excluding carboxylic acids is 3. The molecule has 286 valence electrons. The molecule has 0 aliphatic carbocycles. The zero-order valence-corrected chi connectivity index (χ0v) is 29.6. The molecule has 5 aromatic carbocycles. The number of benzene rings is 5. The van der Waals surface area contributed by atoms with Crippen LogP contribution < -0.4 is 26.0 Å². The number of nitrogens with one attached hydrogen (secondary N) is 2. The second-order valence-corrected chi connectivity index (χ2v) is 12.0. The molecule has 0 saturated carbocycles. The summed E-state index contributed by atoms with van der Waals surface area (Å²) in [6.07, 6.45) is -5.23. The number of hydrogen-bond acceptors (Lipinski definition) is 6. The third-order valence-electron chi connectivity index (χ3n) is 7.87. The Kier molecular flexibility index (Phi) is 14.6. The number of aliphatic carboxylic acids is 1. The molecule has 0 aliphatic heterocycles. The van der Waals surface area contributed by atoms with Crippen LogP contribution in [0.15, 0.2) is 121 Å². The van der Waals surface area contributed by atoms with Gasteiger partial charge in [-0.05, 0) is 64.7 Å². The van der Waals surface area contributed by atoms with Gasteiger partial charge in [-0.1, -0.05) is 78.9 Å². The minimum absolute atomic E-state index is 0.0298. The van der Waals surface area contributed by atoms with Crippen LogP contribution >= 0.6 is 0 Å². The molecule has 0 unspecified atom stereocenters. The van der Waals surface area contributed by atoms with E-state index in [-0.39, 0.29) is 43.7 Å². The van der Waals surface area contributed by atoms with E-state index in [1.54, 1.807) is 35.2 Å². The fourth-order valence-electron chi connectivity index (χ4n) is 5.18. The first kappa shape index (κ1) is 41.2. The number of halogens is 4. The first-order valence-electron chi connectivity index (χ1n) is 16.9. The topological polar surface area (TPSA) is 151 Å². The molecule has 14 heteroatoms. The van der Waals surface area contributed by atoms with Gasteiger partial charge in [0, 0.05) is 44.1 Å².